The van der Waals surface area contributed by atoms with Gasteiger partial charge in [0.15, 0.2) is 5.69 Å². The number of amides is 1. The maximum absolute atomic E-state index is 12.6. The Morgan fingerprint density at radius 2 is 2.28 bits per heavy atom. The molecule has 0 unspecified atom stereocenters. The van der Waals surface area contributed by atoms with Gasteiger partial charge in [-0.15, -0.1) is 0 Å². The molecule has 158 valence electrons. The largest absolute Gasteiger partial charge is 0.464 e. The lowest BCUT2D eigenvalue weighted by atomic mass is 10.2. The van der Waals surface area contributed by atoms with E-state index in [1.165, 1.54) is 14.0 Å². The average Bonchev–Trinajstić information content (AvgIpc) is 3.28. The van der Waals surface area contributed by atoms with Gasteiger partial charge in [0, 0.05) is 31.6 Å². The van der Waals surface area contributed by atoms with Gasteiger partial charge in [-0.1, -0.05) is 0 Å². The summed E-state index contributed by atoms with van der Waals surface area (Å²) in [6, 6.07) is 1.89. The number of aliphatic hydroxyl groups excluding tert-OH is 1. The smallest absolute Gasteiger partial charge is 0.356 e. The van der Waals surface area contributed by atoms with Crippen molar-refractivity contribution in [3.63, 3.8) is 0 Å². The summed E-state index contributed by atoms with van der Waals surface area (Å²) in [6.45, 7) is 4.56. The number of methoxy groups -OCH3 is 1. The fourth-order valence-corrected chi connectivity index (χ4v) is 3.64. The molecule has 29 heavy (non-hydrogen) atoms. The normalized spacial score (nSPS) is 17.3. The molecular formula is C20H28N4O5. The summed E-state index contributed by atoms with van der Waals surface area (Å²) in [7, 11) is 1.31. The molecule has 0 aliphatic carbocycles. The first-order valence-corrected chi connectivity index (χ1v) is 9.81. The fraction of sp³-hybridized carbons (Fsp3) is 0.550. The molecule has 0 spiro atoms. The predicted molar refractivity (Wildman–Crippen MR) is 109 cm³/mol. The summed E-state index contributed by atoms with van der Waals surface area (Å²) in [4.78, 5) is 29.0. The SMILES string of the molecule is COC(=O)c1c(NC(C)=O)c2cc(N[C@@H](C)CCO)cnc2n1C[C@H]1CCCO1. The number of pyridine rings is 1. The van der Waals surface area contributed by atoms with Crippen LogP contribution in [-0.2, 0) is 20.8 Å². The van der Waals surface area contributed by atoms with E-state index in [-0.39, 0.29) is 30.4 Å². The zero-order valence-corrected chi connectivity index (χ0v) is 17.0. The minimum absolute atomic E-state index is 0.0247. The molecule has 1 amide bonds. The van der Waals surface area contributed by atoms with Gasteiger partial charge in [-0.2, -0.15) is 0 Å². The second-order valence-electron chi connectivity index (χ2n) is 7.29. The Morgan fingerprint density at radius 3 is 2.90 bits per heavy atom. The summed E-state index contributed by atoms with van der Waals surface area (Å²) in [5.41, 5.74) is 1.94. The maximum Gasteiger partial charge on any atom is 0.356 e. The number of hydrogen-bond acceptors (Lipinski definition) is 7. The van der Waals surface area contributed by atoms with Crippen LogP contribution in [0.15, 0.2) is 12.3 Å². The average molecular weight is 404 g/mol. The quantitative estimate of drug-likeness (QED) is 0.578. The van der Waals surface area contributed by atoms with E-state index in [4.69, 9.17) is 14.6 Å². The van der Waals surface area contributed by atoms with Crippen LogP contribution in [0.5, 0.6) is 0 Å². The van der Waals surface area contributed by atoms with E-state index >= 15 is 0 Å². The number of anilines is 2. The second kappa shape index (κ2) is 9.23. The monoisotopic (exact) mass is 404 g/mol. The van der Waals surface area contributed by atoms with Crippen LogP contribution >= 0.6 is 0 Å². The van der Waals surface area contributed by atoms with Crippen LogP contribution < -0.4 is 10.6 Å². The van der Waals surface area contributed by atoms with E-state index in [2.05, 4.69) is 15.6 Å². The van der Waals surface area contributed by atoms with E-state index in [0.717, 1.165) is 18.5 Å². The van der Waals surface area contributed by atoms with E-state index < -0.39 is 5.97 Å². The van der Waals surface area contributed by atoms with Gasteiger partial charge in [0.1, 0.15) is 5.65 Å². The van der Waals surface area contributed by atoms with Gasteiger partial charge in [-0.3, -0.25) is 4.79 Å². The zero-order valence-electron chi connectivity index (χ0n) is 17.0. The van der Waals surface area contributed by atoms with Gasteiger partial charge in [-0.25, -0.2) is 9.78 Å². The minimum Gasteiger partial charge on any atom is -0.464 e. The Bertz CT molecular complexity index is 889. The number of nitrogens with zero attached hydrogens (tertiary/aromatic N) is 2. The van der Waals surface area contributed by atoms with Gasteiger partial charge in [0.2, 0.25) is 5.91 Å². The van der Waals surface area contributed by atoms with Crippen LogP contribution in [0.4, 0.5) is 11.4 Å². The van der Waals surface area contributed by atoms with Crippen molar-refractivity contribution in [2.75, 3.05) is 31.0 Å². The van der Waals surface area contributed by atoms with E-state index in [0.29, 0.717) is 36.3 Å². The highest BCUT2D eigenvalue weighted by atomic mass is 16.5. The summed E-state index contributed by atoms with van der Waals surface area (Å²) in [5.74, 6) is -0.841. The number of fused-ring (bicyclic) bond motifs is 1. The molecule has 0 saturated carbocycles. The molecule has 3 N–H and O–H groups in total. The first-order chi connectivity index (χ1) is 13.9. The Kier molecular flexibility index (Phi) is 6.71. The fourth-order valence-electron chi connectivity index (χ4n) is 3.64. The molecule has 2 aromatic rings. The Labute approximate surface area is 169 Å². The molecule has 0 aromatic carbocycles. The lowest BCUT2D eigenvalue weighted by Gasteiger charge is -2.15. The molecule has 1 fully saturated rings. The van der Waals surface area contributed by atoms with Crippen LogP contribution in [0.2, 0.25) is 0 Å². The molecule has 0 bridgehead atoms. The number of aliphatic hydroxyl groups is 1. The Hall–Kier alpha value is -2.65. The molecule has 2 aromatic heterocycles. The number of nitrogens with one attached hydrogen (secondary N) is 2. The molecule has 3 heterocycles. The highest BCUT2D eigenvalue weighted by Crippen LogP contribution is 2.34. The van der Waals surface area contributed by atoms with Crippen molar-refractivity contribution < 1.29 is 24.2 Å². The summed E-state index contributed by atoms with van der Waals surface area (Å²) in [5, 5.41) is 15.8. The van der Waals surface area contributed by atoms with Crippen molar-refractivity contribution in [2.24, 2.45) is 0 Å². The number of aromatic nitrogens is 2. The van der Waals surface area contributed by atoms with E-state index in [9.17, 15) is 9.59 Å². The van der Waals surface area contributed by atoms with Crippen molar-refractivity contribution in [1.82, 2.24) is 9.55 Å². The molecule has 1 aliphatic rings. The number of esters is 1. The van der Waals surface area contributed by atoms with Gasteiger partial charge >= 0.3 is 5.97 Å². The van der Waals surface area contributed by atoms with Crippen molar-refractivity contribution in [1.29, 1.82) is 0 Å². The first-order valence-electron chi connectivity index (χ1n) is 9.81. The van der Waals surface area contributed by atoms with Crippen LogP contribution in [0.1, 0.15) is 43.6 Å². The summed E-state index contributed by atoms with van der Waals surface area (Å²) >= 11 is 0. The van der Waals surface area contributed by atoms with E-state index in [1.807, 2.05) is 13.0 Å². The molecule has 3 rings (SSSR count). The highest BCUT2D eigenvalue weighted by Gasteiger charge is 2.28. The molecule has 0 radical (unpaired) electrons. The molecule has 9 nitrogen and oxygen atoms in total. The number of ether oxygens (including phenoxy) is 2. The molecule has 9 heteroatoms. The summed E-state index contributed by atoms with van der Waals surface area (Å²) < 4.78 is 12.5. The Balaban J connectivity index is 2.12. The second-order valence-corrected chi connectivity index (χ2v) is 7.29. The Morgan fingerprint density at radius 1 is 1.48 bits per heavy atom. The van der Waals surface area contributed by atoms with E-state index in [1.54, 1.807) is 10.8 Å². The molecule has 1 aliphatic heterocycles. The summed E-state index contributed by atoms with van der Waals surface area (Å²) in [6.07, 6.45) is 4.11. The van der Waals surface area contributed by atoms with Gasteiger partial charge in [0.05, 0.1) is 37.3 Å². The lowest BCUT2D eigenvalue weighted by molar-refractivity contribution is -0.114. The minimum atomic E-state index is -0.548. The number of carbonyl (C=O) groups is 2. The third kappa shape index (κ3) is 4.68. The van der Waals surface area contributed by atoms with Gasteiger partial charge in [-0.05, 0) is 32.3 Å². The third-order valence-electron chi connectivity index (χ3n) is 4.96. The van der Waals surface area contributed by atoms with Gasteiger partial charge < -0.3 is 29.8 Å². The maximum atomic E-state index is 12.6. The van der Waals surface area contributed by atoms with Crippen molar-refractivity contribution >= 4 is 34.3 Å². The third-order valence-corrected chi connectivity index (χ3v) is 4.96. The molecular weight excluding hydrogens is 376 g/mol. The zero-order chi connectivity index (χ0) is 21.0. The van der Waals surface area contributed by atoms with Crippen molar-refractivity contribution in [3.8, 4) is 0 Å². The topological polar surface area (TPSA) is 115 Å². The highest BCUT2D eigenvalue weighted by molar-refractivity contribution is 6.10. The van der Waals surface area contributed by atoms with Crippen LogP contribution in [-0.4, -0.2) is 59.0 Å². The number of rotatable bonds is 8. The number of carbonyl (C=O) groups excluding carboxylic acids is 2. The van der Waals surface area contributed by atoms with Gasteiger partial charge in [0.25, 0.3) is 0 Å². The predicted octanol–water partition coefficient (Wildman–Crippen LogP) is 2.14. The number of hydrogen-bond donors (Lipinski definition) is 3. The van der Waals surface area contributed by atoms with Crippen LogP contribution in [0.3, 0.4) is 0 Å². The molecule has 2 atom stereocenters. The first kappa shape index (κ1) is 21.1. The van der Waals surface area contributed by atoms with Crippen molar-refractivity contribution in [3.05, 3.63) is 18.0 Å². The van der Waals surface area contributed by atoms with Crippen LogP contribution in [0, 0.1) is 0 Å². The standard InChI is InChI=1S/C20H28N4O5/c1-12(6-7-25)22-14-9-16-17(23-13(2)26)18(20(27)28-3)24(19(16)21-10-14)11-15-5-4-8-29-15/h9-10,12,15,22,25H,4-8,11H2,1-3H3,(H,23,26)/t12-,15+/m0/s1. The van der Waals surface area contributed by atoms with Crippen molar-refractivity contribution in [2.45, 2.75) is 51.8 Å². The molecule has 1 saturated heterocycles. The lowest BCUT2D eigenvalue weighted by Crippen LogP contribution is -2.21. The van der Waals surface area contributed by atoms with Crippen LogP contribution in [0.25, 0.3) is 11.0 Å².